The minimum atomic E-state index is 0.360. The number of unbranched alkanes of at least 4 members (excludes halogenated alkanes) is 1. The van der Waals surface area contributed by atoms with Gasteiger partial charge in [0.1, 0.15) is 0 Å². The van der Waals surface area contributed by atoms with Crippen LogP contribution in [0.15, 0.2) is 60.8 Å². The molecule has 1 aromatic heterocycles. The Morgan fingerprint density at radius 2 is 1.79 bits per heavy atom. The normalized spacial score (nSPS) is 15.2. The van der Waals surface area contributed by atoms with Gasteiger partial charge in [0.05, 0.1) is 5.69 Å². The smallest absolute Gasteiger partial charge is 0.223 e. The van der Waals surface area contributed by atoms with Gasteiger partial charge in [-0.15, -0.1) is 0 Å². The zero-order valence-corrected chi connectivity index (χ0v) is 16.7. The summed E-state index contributed by atoms with van der Waals surface area (Å²) in [4.78, 5) is 11.7. The topological polar surface area (TPSA) is 41.0 Å². The van der Waals surface area contributed by atoms with Crippen LogP contribution in [0.25, 0.3) is 11.3 Å². The molecular weight excluding hydrogens is 344 g/mol. The lowest BCUT2D eigenvalue weighted by atomic mass is 9.78. The van der Waals surface area contributed by atoms with E-state index >= 15 is 0 Å². The quantitative estimate of drug-likeness (QED) is 0.616. The fourth-order valence-electron chi connectivity index (χ4n) is 3.96. The van der Waals surface area contributed by atoms with Crippen LogP contribution in [-0.2, 0) is 6.42 Å². The van der Waals surface area contributed by atoms with Crippen molar-refractivity contribution in [2.45, 2.75) is 25.2 Å². The number of fused-ring (bicyclic) bond motifs is 3. The van der Waals surface area contributed by atoms with Crippen molar-refractivity contribution in [3.8, 4) is 11.3 Å². The minimum Gasteiger partial charge on any atom is -0.354 e. The van der Waals surface area contributed by atoms with Gasteiger partial charge in [-0.3, -0.25) is 0 Å². The average molecular weight is 373 g/mol. The van der Waals surface area contributed by atoms with Gasteiger partial charge < -0.3 is 10.2 Å². The van der Waals surface area contributed by atoms with Crippen LogP contribution >= 0.6 is 0 Å². The highest BCUT2D eigenvalue weighted by atomic mass is 15.1. The number of anilines is 1. The third-order valence-electron chi connectivity index (χ3n) is 5.40. The van der Waals surface area contributed by atoms with E-state index in [1.54, 1.807) is 0 Å². The molecule has 1 heterocycles. The summed E-state index contributed by atoms with van der Waals surface area (Å²) >= 11 is 0. The number of hydrogen-bond donors (Lipinski definition) is 1. The monoisotopic (exact) mass is 372 g/mol. The summed E-state index contributed by atoms with van der Waals surface area (Å²) < 4.78 is 0. The maximum atomic E-state index is 4.88. The lowest BCUT2D eigenvalue weighted by Crippen LogP contribution is -2.16. The van der Waals surface area contributed by atoms with Crippen molar-refractivity contribution in [1.29, 1.82) is 0 Å². The molecule has 0 spiro atoms. The molecular formula is C24H28N4. The van der Waals surface area contributed by atoms with Gasteiger partial charge in [-0.2, -0.15) is 0 Å². The number of nitrogens with zero attached hydrogens (tertiary/aromatic N) is 3. The lowest BCUT2D eigenvalue weighted by Gasteiger charge is -2.27. The van der Waals surface area contributed by atoms with Crippen molar-refractivity contribution >= 4 is 5.95 Å². The van der Waals surface area contributed by atoms with Crippen LogP contribution in [0.5, 0.6) is 0 Å². The SMILES string of the molecule is CN(C)CCCCNc1ncc2c(n1)-c1ccccc1C(c1ccccc1)C2. The van der Waals surface area contributed by atoms with Gasteiger partial charge in [-0.25, -0.2) is 9.97 Å². The van der Waals surface area contributed by atoms with Crippen LogP contribution in [0.3, 0.4) is 0 Å². The Labute approximate surface area is 167 Å². The highest BCUT2D eigenvalue weighted by Crippen LogP contribution is 2.41. The molecule has 0 saturated carbocycles. The molecule has 1 atom stereocenters. The first-order valence-electron chi connectivity index (χ1n) is 10.1. The van der Waals surface area contributed by atoms with Crippen molar-refractivity contribution in [3.63, 3.8) is 0 Å². The van der Waals surface area contributed by atoms with Crippen molar-refractivity contribution in [2.24, 2.45) is 0 Å². The first-order valence-corrected chi connectivity index (χ1v) is 10.1. The van der Waals surface area contributed by atoms with E-state index in [0.717, 1.165) is 37.6 Å². The van der Waals surface area contributed by atoms with Crippen molar-refractivity contribution in [2.75, 3.05) is 32.5 Å². The maximum Gasteiger partial charge on any atom is 0.223 e. The highest BCUT2D eigenvalue weighted by Gasteiger charge is 2.27. The van der Waals surface area contributed by atoms with Crippen LogP contribution in [-0.4, -0.2) is 42.1 Å². The number of aromatic nitrogens is 2. The summed E-state index contributed by atoms with van der Waals surface area (Å²) in [5.74, 6) is 1.09. The summed E-state index contributed by atoms with van der Waals surface area (Å²) in [6.45, 7) is 2.02. The molecule has 0 radical (unpaired) electrons. The first kappa shape index (κ1) is 18.6. The predicted octanol–water partition coefficient (Wildman–Crippen LogP) is 4.59. The molecule has 0 saturated heterocycles. The van der Waals surface area contributed by atoms with Crippen LogP contribution in [0.4, 0.5) is 5.95 Å². The van der Waals surface area contributed by atoms with Gasteiger partial charge in [0.25, 0.3) is 0 Å². The molecule has 4 heteroatoms. The Bertz CT molecular complexity index is 921. The third kappa shape index (κ3) is 4.07. The molecule has 0 amide bonds. The van der Waals surface area contributed by atoms with Gasteiger partial charge in [0.2, 0.25) is 5.95 Å². The summed E-state index contributed by atoms with van der Waals surface area (Å²) in [5, 5.41) is 3.40. The van der Waals surface area contributed by atoms with E-state index in [1.807, 2.05) is 6.20 Å². The standard InChI is InChI=1S/C24H28N4/c1-28(2)15-9-8-14-25-24-26-17-19-16-22(18-10-4-3-5-11-18)20-12-6-7-13-21(20)23(19)27-24/h3-7,10-13,17,22H,8-9,14-16H2,1-2H3,(H,25,26,27). The highest BCUT2D eigenvalue weighted by molar-refractivity contribution is 5.72. The molecule has 3 aromatic rings. The molecule has 1 N–H and O–H groups in total. The number of nitrogens with one attached hydrogen (secondary N) is 1. The van der Waals surface area contributed by atoms with E-state index < -0.39 is 0 Å². The fraction of sp³-hybridized carbons (Fsp3) is 0.333. The van der Waals surface area contributed by atoms with E-state index in [-0.39, 0.29) is 0 Å². The minimum absolute atomic E-state index is 0.360. The number of rotatable bonds is 7. The molecule has 0 fully saturated rings. The summed E-state index contributed by atoms with van der Waals surface area (Å²) in [5.41, 5.74) is 6.25. The van der Waals surface area contributed by atoms with Gasteiger partial charge in [0, 0.05) is 24.2 Å². The second-order valence-corrected chi connectivity index (χ2v) is 7.76. The largest absolute Gasteiger partial charge is 0.354 e. The molecule has 28 heavy (non-hydrogen) atoms. The molecule has 144 valence electrons. The summed E-state index contributed by atoms with van der Waals surface area (Å²) in [7, 11) is 4.22. The van der Waals surface area contributed by atoms with Gasteiger partial charge in [-0.1, -0.05) is 54.6 Å². The molecule has 0 aliphatic heterocycles. The molecule has 0 bridgehead atoms. The van der Waals surface area contributed by atoms with Crippen LogP contribution in [0, 0.1) is 0 Å². The zero-order chi connectivity index (χ0) is 19.3. The zero-order valence-electron chi connectivity index (χ0n) is 16.7. The molecule has 1 unspecified atom stereocenters. The second kappa shape index (κ2) is 8.53. The van der Waals surface area contributed by atoms with E-state index in [1.165, 1.54) is 28.7 Å². The van der Waals surface area contributed by atoms with E-state index in [0.29, 0.717) is 5.92 Å². The Hall–Kier alpha value is -2.72. The summed E-state index contributed by atoms with van der Waals surface area (Å²) in [6.07, 6.45) is 5.24. The Morgan fingerprint density at radius 1 is 1.00 bits per heavy atom. The summed E-state index contributed by atoms with van der Waals surface area (Å²) in [6, 6.07) is 19.4. The molecule has 1 aliphatic rings. The maximum absolute atomic E-state index is 4.88. The molecule has 2 aromatic carbocycles. The Balaban J connectivity index is 1.55. The number of benzene rings is 2. The van der Waals surface area contributed by atoms with Crippen molar-refractivity contribution in [1.82, 2.24) is 14.9 Å². The molecule has 1 aliphatic carbocycles. The molecule has 4 nitrogen and oxygen atoms in total. The Kier molecular flexibility index (Phi) is 5.68. The van der Waals surface area contributed by atoms with Crippen LogP contribution < -0.4 is 5.32 Å². The molecule has 4 rings (SSSR count). The van der Waals surface area contributed by atoms with E-state index in [9.17, 15) is 0 Å². The van der Waals surface area contributed by atoms with Crippen LogP contribution in [0.2, 0.25) is 0 Å². The van der Waals surface area contributed by atoms with Crippen molar-refractivity contribution < 1.29 is 0 Å². The Morgan fingerprint density at radius 3 is 2.61 bits per heavy atom. The van der Waals surface area contributed by atoms with E-state index in [2.05, 4.69) is 83.9 Å². The average Bonchev–Trinajstić information content (AvgIpc) is 2.73. The lowest BCUT2D eigenvalue weighted by molar-refractivity contribution is 0.396. The third-order valence-corrected chi connectivity index (χ3v) is 5.40. The van der Waals surface area contributed by atoms with Gasteiger partial charge in [-0.05, 0) is 56.6 Å². The van der Waals surface area contributed by atoms with Crippen molar-refractivity contribution in [3.05, 3.63) is 77.5 Å². The predicted molar refractivity (Wildman–Crippen MR) is 116 cm³/mol. The second-order valence-electron chi connectivity index (χ2n) is 7.76. The van der Waals surface area contributed by atoms with Crippen LogP contribution in [0.1, 0.15) is 35.4 Å². The van der Waals surface area contributed by atoms with E-state index in [4.69, 9.17) is 4.98 Å². The van der Waals surface area contributed by atoms with Gasteiger partial charge in [0.15, 0.2) is 0 Å². The number of hydrogen-bond acceptors (Lipinski definition) is 4. The fourth-order valence-corrected chi connectivity index (χ4v) is 3.96. The van der Waals surface area contributed by atoms with Gasteiger partial charge >= 0.3 is 0 Å². The first-order chi connectivity index (χ1) is 13.7.